The summed E-state index contributed by atoms with van der Waals surface area (Å²) in [5.74, 6) is -0.840. The van der Waals surface area contributed by atoms with Gasteiger partial charge in [-0.15, -0.1) is 0 Å². The monoisotopic (exact) mass is 397 g/mol. The summed E-state index contributed by atoms with van der Waals surface area (Å²) < 4.78 is 47.0. The van der Waals surface area contributed by atoms with Gasteiger partial charge in [0.1, 0.15) is 0 Å². The second kappa shape index (κ2) is 7.67. The van der Waals surface area contributed by atoms with Crippen molar-refractivity contribution >= 4 is 23.2 Å². The minimum atomic E-state index is -4.52. The van der Waals surface area contributed by atoms with E-state index in [2.05, 4.69) is 15.5 Å². The van der Waals surface area contributed by atoms with E-state index in [0.29, 0.717) is 10.6 Å². The van der Waals surface area contributed by atoms with Crippen LogP contribution in [-0.2, 0) is 0 Å². The predicted octanol–water partition coefficient (Wildman–Crippen LogP) is 4.58. The summed E-state index contributed by atoms with van der Waals surface area (Å²) in [6.07, 6.45) is -2.03. The molecule has 0 spiro atoms. The Morgan fingerprint density at radius 1 is 1.22 bits per heavy atom. The third kappa shape index (κ3) is 4.98. The van der Waals surface area contributed by atoms with Crippen molar-refractivity contribution in [3.05, 3.63) is 59.6 Å². The summed E-state index contributed by atoms with van der Waals surface area (Å²) in [5.41, 5.74) is 1.01. The third-order valence-corrected chi connectivity index (χ3v) is 3.55. The van der Waals surface area contributed by atoms with Gasteiger partial charge in [0, 0.05) is 16.7 Å². The second-order valence-electron chi connectivity index (χ2n) is 5.32. The van der Waals surface area contributed by atoms with Gasteiger partial charge in [-0.3, -0.25) is 4.79 Å². The van der Waals surface area contributed by atoms with Gasteiger partial charge in [-0.05, 0) is 23.8 Å². The number of amides is 1. The number of carbonyl (C=O) groups excluding carboxylic acids is 1. The molecule has 0 saturated heterocycles. The van der Waals surface area contributed by atoms with Crippen LogP contribution < -0.4 is 10.1 Å². The molecule has 2 aromatic heterocycles. The van der Waals surface area contributed by atoms with Gasteiger partial charge in [-0.1, -0.05) is 28.9 Å². The number of ether oxygens (including phenoxy) is 1. The van der Waals surface area contributed by atoms with Gasteiger partial charge in [-0.2, -0.15) is 13.2 Å². The molecule has 27 heavy (non-hydrogen) atoms. The van der Waals surface area contributed by atoms with Crippen molar-refractivity contribution in [3.8, 4) is 17.0 Å². The maximum atomic E-state index is 12.5. The highest BCUT2D eigenvalue weighted by atomic mass is 35.5. The molecule has 0 bridgehead atoms. The summed E-state index contributed by atoms with van der Waals surface area (Å²) in [7, 11) is 0. The fourth-order valence-corrected chi connectivity index (χ4v) is 2.27. The van der Waals surface area contributed by atoms with Crippen molar-refractivity contribution in [2.45, 2.75) is 6.18 Å². The number of nitrogens with one attached hydrogen (secondary N) is 1. The fourth-order valence-electron chi connectivity index (χ4n) is 2.15. The Bertz CT molecular complexity index is 929. The summed E-state index contributed by atoms with van der Waals surface area (Å²) in [4.78, 5) is 15.9. The maximum absolute atomic E-state index is 12.5. The Hall–Kier alpha value is -3.07. The van der Waals surface area contributed by atoms with Crippen LogP contribution in [0.2, 0.25) is 5.02 Å². The number of aromatic nitrogens is 2. The van der Waals surface area contributed by atoms with E-state index >= 15 is 0 Å². The van der Waals surface area contributed by atoms with Crippen LogP contribution in [0.1, 0.15) is 10.6 Å². The lowest BCUT2D eigenvalue weighted by atomic mass is 10.1. The van der Waals surface area contributed by atoms with Gasteiger partial charge >= 0.3 is 6.18 Å². The van der Waals surface area contributed by atoms with Crippen molar-refractivity contribution in [2.75, 3.05) is 11.9 Å². The zero-order valence-electron chi connectivity index (χ0n) is 13.5. The maximum Gasteiger partial charge on any atom is 0.422 e. The number of alkyl halides is 3. The van der Waals surface area contributed by atoms with E-state index in [4.69, 9.17) is 20.9 Å². The number of carbonyl (C=O) groups is 1. The van der Waals surface area contributed by atoms with E-state index in [0.717, 1.165) is 0 Å². The zero-order chi connectivity index (χ0) is 19.4. The molecule has 3 rings (SSSR count). The molecule has 0 fully saturated rings. The molecule has 0 unspecified atom stereocenters. The number of rotatable bonds is 5. The lowest BCUT2D eigenvalue weighted by molar-refractivity contribution is -0.154. The van der Waals surface area contributed by atoms with Crippen LogP contribution in [0.25, 0.3) is 11.1 Å². The van der Waals surface area contributed by atoms with Crippen LogP contribution in [0.5, 0.6) is 5.88 Å². The molecule has 2 heterocycles. The van der Waals surface area contributed by atoms with Crippen molar-refractivity contribution in [2.24, 2.45) is 0 Å². The molecule has 1 N–H and O–H groups in total. The Labute approximate surface area is 155 Å². The fraction of sp³-hybridized carbons (Fsp3) is 0.118. The van der Waals surface area contributed by atoms with Gasteiger partial charge in [0.15, 0.2) is 6.61 Å². The first-order chi connectivity index (χ1) is 12.8. The minimum Gasteiger partial charge on any atom is -0.468 e. The number of halogens is 4. The Kier molecular flexibility index (Phi) is 5.31. The summed E-state index contributed by atoms with van der Waals surface area (Å²) in [6, 6.07) is 9.15. The number of hydrogen-bond acceptors (Lipinski definition) is 5. The number of hydrogen-bond donors (Lipinski definition) is 1. The molecule has 0 aliphatic rings. The average Bonchev–Trinajstić information content (AvgIpc) is 3.15. The molecule has 0 atom stereocenters. The molecule has 0 aliphatic heterocycles. The second-order valence-corrected chi connectivity index (χ2v) is 5.75. The van der Waals surface area contributed by atoms with Crippen LogP contribution in [-0.4, -0.2) is 28.8 Å². The lowest BCUT2D eigenvalue weighted by Crippen LogP contribution is -2.20. The summed E-state index contributed by atoms with van der Waals surface area (Å²) >= 11 is 5.85. The molecular formula is C17H11ClF3N3O3. The highest BCUT2D eigenvalue weighted by molar-refractivity contribution is 6.30. The number of anilines is 1. The number of pyridine rings is 1. The summed E-state index contributed by atoms with van der Waals surface area (Å²) in [6.45, 7) is -1.50. The SMILES string of the molecule is O=C(Nc1cnc(OCC(F)(F)F)c(-c2ccc(Cl)cc2)c1)c1ccno1. The number of benzene rings is 1. The molecule has 10 heteroatoms. The first kappa shape index (κ1) is 18.7. The van der Waals surface area contributed by atoms with E-state index in [-0.39, 0.29) is 22.9 Å². The molecule has 6 nitrogen and oxygen atoms in total. The Balaban J connectivity index is 1.92. The third-order valence-electron chi connectivity index (χ3n) is 3.30. The van der Waals surface area contributed by atoms with Gasteiger partial charge in [0.25, 0.3) is 5.91 Å². The largest absolute Gasteiger partial charge is 0.468 e. The van der Waals surface area contributed by atoms with Gasteiger partial charge < -0.3 is 14.6 Å². The highest BCUT2D eigenvalue weighted by Crippen LogP contribution is 2.32. The molecule has 0 radical (unpaired) electrons. The van der Waals surface area contributed by atoms with E-state index in [1.54, 1.807) is 24.3 Å². The van der Waals surface area contributed by atoms with Crippen molar-refractivity contribution in [1.29, 1.82) is 0 Å². The minimum absolute atomic E-state index is 0.0274. The van der Waals surface area contributed by atoms with Crippen LogP contribution in [0.15, 0.2) is 53.3 Å². The van der Waals surface area contributed by atoms with Crippen LogP contribution in [0, 0.1) is 0 Å². The molecular weight excluding hydrogens is 387 g/mol. The van der Waals surface area contributed by atoms with E-state index in [9.17, 15) is 18.0 Å². The molecule has 0 saturated carbocycles. The van der Waals surface area contributed by atoms with Crippen molar-refractivity contribution < 1.29 is 27.2 Å². The van der Waals surface area contributed by atoms with Gasteiger partial charge in [0.2, 0.25) is 11.6 Å². The zero-order valence-corrected chi connectivity index (χ0v) is 14.2. The number of nitrogens with zero attached hydrogens (tertiary/aromatic N) is 2. The van der Waals surface area contributed by atoms with Crippen molar-refractivity contribution in [3.63, 3.8) is 0 Å². The Morgan fingerprint density at radius 2 is 1.96 bits per heavy atom. The normalized spacial score (nSPS) is 11.3. The average molecular weight is 398 g/mol. The summed E-state index contributed by atoms with van der Waals surface area (Å²) in [5, 5.41) is 6.41. The molecule has 0 aliphatic carbocycles. The van der Waals surface area contributed by atoms with Crippen molar-refractivity contribution in [1.82, 2.24) is 10.1 Å². The van der Waals surface area contributed by atoms with Crippen LogP contribution >= 0.6 is 11.6 Å². The topological polar surface area (TPSA) is 77.2 Å². The Morgan fingerprint density at radius 3 is 2.59 bits per heavy atom. The lowest BCUT2D eigenvalue weighted by Gasteiger charge is -2.14. The molecule has 3 aromatic rings. The molecule has 1 amide bonds. The van der Waals surface area contributed by atoms with E-state index in [1.165, 1.54) is 24.5 Å². The van der Waals surface area contributed by atoms with Gasteiger partial charge in [-0.25, -0.2) is 4.98 Å². The van der Waals surface area contributed by atoms with E-state index < -0.39 is 18.7 Å². The van der Waals surface area contributed by atoms with Crippen LogP contribution in [0.4, 0.5) is 18.9 Å². The van der Waals surface area contributed by atoms with Crippen LogP contribution in [0.3, 0.4) is 0 Å². The highest BCUT2D eigenvalue weighted by Gasteiger charge is 2.29. The standard InChI is InChI=1S/C17H11ClF3N3O3/c18-11-3-1-10(2-4-11)13-7-12(24-15(25)14-5-6-23-27-14)8-22-16(13)26-9-17(19,20)21/h1-8H,9H2,(H,24,25). The molecule has 140 valence electrons. The predicted molar refractivity (Wildman–Crippen MR) is 90.7 cm³/mol. The quantitative estimate of drug-likeness (QED) is 0.681. The van der Waals surface area contributed by atoms with Gasteiger partial charge in [0.05, 0.1) is 18.1 Å². The first-order valence-electron chi connectivity index (χ1n) is 7.49. The smallest absolute Gasteiger partial charge is 0.422 e. The first-order valence-corrected chi connectivity index (χ1v) is 7.87. The molecule has 1 aromatic carbocycles. The van der Waals surface area contributed by atoms with E-state index in [1.807, 2.05) is 0 Å².